The van der Waals surface area contributed by atoms with Gasteiger partial charge in [-0.05, 0) is 50.9 Å². The lowest BCUT2D eigenvalue weighted by Gasteiger charge is -2.32. The summed E-state index contributed by atoms with van der Waals surface area (Å²) in [5, 5.41) is 2.76. The molecule has 1 aliphatic rings. The summed E-state index contributed by atoms with van der Waals surface area (Å²) in [7, 11) is 0. The van der Waals surface area contributed by atoms with Gasteiger partial charge in [0, 0.05) is 11.7 Å². The molecule has 0 saturated carbocycles. The number of carbonyl (C=O) groups is 1. The van der Waals surface area contributed by atoms with E-state index < -0.39 is 0 Å². The van der Waals surface area contributed by atoms with Gasteiger partial charge >= 0.3 is 0 Å². The van der Waals surface area contributed by atoms with Crippen molar-refractivity contribution in [3.05, 3.63) is 29.6 Å². The predicted molar refractivity (Wildman–Crippen MR) is 74.7 cm³/mol. The predicted octanol–water partition coefficient (Wildman–Crippen LogP) is 2.95. The molecule has 104 valence electrons. The topological polar surface area (TPSA) is 32.3 Å². The summed E-state index contributed by atoms with van der Waals surface area (Å²) in [6.07, 6.45) is 3.53. The lowest BCUT2D eigenvalue weighted by Crippen LogP contribution is -2.42. The highest BCUT2D eigenvalue weighted by atomic mass is 19.1. The molecule has 0 bridgehead atoms. The molecular weight excluding hydrogens is 243 g/mol. The fourth-order valence-corrected chi connectivity index (χ4v) is 2.45. The van der Waals surface area contributed by atoms with Gasteiger partial charge in [0.1, 0.15) is 5.82 Å². The number of rotatable bonds is 3. The van der Waals surface area contributed by atoms with Crippen LogP contribution in [0.1, 0.15) is 31.7 Å². The van der Waals surface area contributed by atoms with Crippen molar-refractivity contribution in [2.75, 3.05) is 18.4 Å². The molecule has 0 aromatic heterocycles. The largest absolute Gasteiger partial charge is 0.325 e. The molecule has 2 rings (SSSR count). The van der Waals surface area contributed by atoms with Gasteiger partial charge in [-0.15, -0.1) is 0 Å². The number of hydrogen-bond donors (Lipinski definition) is 1. The number of likely N-dealkylation sites (tertiary alicyclic amines) is 1. The van der Waals surface area contributed by atoms with Crippen LogP contribution in [0.25, 0.3) is 0 Å². The summed E-state index contributed by atoms with van der Waals surface area (Å²) >= 11 is 0. The van der Waals surface area contributed by atoms with Crippen molar-refractivity contribution in [3.8, 4) is 0 Å². The Labute approximate surface area is 113 Å². The summed E-state index contributed by atoms with van der Waals surface area (Å²) in [6.45, 7) is 5.21. The van der Waals surface area contributed by atoms with E-state index in [0.29, 0.717) is 23.8 Å². The number of benzene rings is 1. The number of hydrogen-bond acceptors (Lipinski definition) is 2. The Balaban J connectivity index is 1.91. The first-order chi connectivity index (χ1) is 9.06. The zero-order chi connectivity index (χ0) is 13.8. The van der Waals surface area contributed by atoms with Gasteiger partial charge in [0.25, 0.3) is 0 Å². The van der Waals surface area contributed by atoms with E-state index in [2.05, 4.69) is 17.1 Å². The maximum absolute atomic E-state index is 13.4. The van der Waals surface area contributed by atoms with Crippen LogP contribution in [0.4, 0.5) is 10.1 Å². The van der Waals surface area contributed by atoms with Crippen LogP contribution in [0.5, 0.6) is 0 Å². The van der Waals surface area contributed by atoms with E-state index in [1.165, 1.54) is 12.5 Å². The Morgan fingerprint density at radius 2 is 2.26 bits per heavy atom. The molecule has 1 aromatic rings. The third kappa shape index (κ3) is 3.77. The van der Waals surface area contributed by atoms with Crippen LogP contribution in [0.3, 0.4) is 0 Å². The summed E-state index contributed by atoms with van der Waals surface area (Å²) in [5.74, 6) is -0.360. The molecule has 1 unspecified atom stereocenters. The zero-order valence-corrected chi connectivity index (χ0v) is 11.6. The molecule has 1 amide bonds. The minimum Gasteiger partial charge on any atom is -0.325 e. The number of aryl methyl sites for hydroxylation is 1. The molecule has 1 fully saturated rings. The summed E-state index contributed by atoms with van der Waals surface area (Å²) in [4.78, 5) is 14.1. The molecule has 0 radical (unpaired) electrons. The first-order valence-electron chi connectivity index (χ1n) is 6.86. The Morgan fingerprint density at radius 1 is 1.47 bits per heavy atom. The fourth-order valence-electron chi connectivity index (χ4n) is 2.45. The average molecular weight is 264 g/mol. The second kappa shape index (κ2) is 6.15. The average Bonchev–Trinajstić information content (AvgIpc) is 2.37. The first-order valence-corrected chi connectivity index (χ1v) is 6.86. The van der Waals surface area contributed by atoms with Crippen LogP contribution >= 0.6 is 0 Å². The third-order valence-corrected chi connectivity index (χ3v) is 3.74. The van der Waals surface area contributed by atoms with Gasteiger partial charge in [0.2, 0.25) is 5.91 Å². The molecule has 0 aliphatic carbocycles. The Kier molecular flexibility index (Phi) is 4.53. The molecule has 1 atom stereocenters. The van der Waals surface area contributed by atoms with Crippen LogP contribution in [0, 0.1) is 12.7 Å². The molecule has 1 aromatic carbocycles. The van der Waals surface area contributed by atoms with Crippen molar-refractivity contribution in [3.63, 3.8) is 0 Å². The number of amides is 1. The van der Waals surface area contributed by atoms with Gasteiger partial charge in [0.15, 0.2) is 0 Å². The smallest absolute Gasteiger partial charge is 0.238 e. The minimum atomic E-state index is -0.288. The Hall–Kier alpha value is -1.42. The second-order valence-electron chi connectivity index (χ2n) is 5.33. The van der Waals surface area contributed by atoms with Crippen LogP contribution in [0.15, 0.2) is 18.2 Å². The maximum atomic E-state index is 13.4. The van der Waals surface area contributed by atoms with Crippen LogP contribution < -0.4 is 5.32 Å². The first kappa shape index (κ1) is 14.0. The number of halogens is 1. The molecule has 1 aliphatic heterocycles. The minimum absolute atomic E-state index is 0.0722. The number of nitrogens with zero attached hydrogens (tertiary/aromatic N) is 1. The van der Waals surface area contributed by atoms with Crippen molar-refractivity contribution >= 4 is 11.6 Å². The molecule has 1 heterocycles. The molecule has 1 saturated heterocycles. The van der Waals surface area contributed by atoms with E-state index in [-0.39, 0.29) is 11.7 Å². The van der Waals surface area contributed by atoms with Crippen molar-refractivity contribution in [2.24, 2.45) is 0 Å². The van der Waals surface area contributed by atoms with E-state index in [1.54, 1.807) is 19.1 Å². The summed E-state index contributed by atoms with van der Waals surface area (Å²) < 4.78 is 13.4. The van der Waals surface area contributed by atoms with E-state index >= 15 is 0 Å². The van der Waals surface area contributed by atoms with Crippen LogP contribution in [-0.2, 0) is 4.79 Å². The molecule has 0 spiro atoms. The number of nitrogens with one attached hydrogen (secondary N) is 1. The van der Waals surface area contributed by atoms with E-state index in [0.717, 1.165) is 19.4 Å². The second-order valence-corrected chi connectivity index (χ2v) is 5.33. The van der Waals surface area contributed by atoms with Crippen molar-refractivity contribution in [1.82, 2.24) is 4.90 Å². The molecular formula is C15H21FN2O. The highest BCUT2D eigenvalue weighted by molar-refractivity contribution is 5.92. The van der Waals surface area contributed by atoms with Gasteiger partial charge in [0.05, 0.1) is 6.54 Å². The maximum Gasteiger partial charge on any atom is 0.238 e. The van der Waals surface area contributed by atoms with Gasteiger partial charge in [-0.25, -0.2) is 4.39 Å². The number of piperidine rings is 1. The summed E-state index contributed by atoms with van der Waals surface area (Å²) in [5.41, 5.74) is 1.11. The molecule has 4 heteroatoms. The van der Waals surface area contributed by atoms with Gasteiger partial charge < -0.3 is 5.32 Å². The SMILES string of the molecule is Cc1ccc(NC(=O)CN2CCCCC2C)cc1F. The number of carbonyl (C=O) groups excluding carboxylic acids is 1. The quantitative estimate of drug-likeness (QED) is 0.910. The molecule has 1 N–H and O–H groups in total. The zero-order valence-electron chi connectivity index (χ0n) is 11.6. The lowest BCUT2D eigenvalue weighted by atomic mass is 10.0. The molecule has 3 nitrogen and oxygen atoms in total. The Morgan fingerprint density at radius 3 is 2.95 bits per heavy atom. The Bertz CT molecular complexity index is 461. The van der Waals surface area contributed by atoms with Gasteiger partial charge in [-0.1, -0.05) is 12.5 Å². The monoisotopic (exact) mass is 264 g/mol. The number of anilines is 1. The molecule has 19 heavy (non-hydrogen) atoms. The van der Waals surface area contributed by atoms with Crippen LogP contribution in [0.2, 0.25) is 0 Å². The highest BCUT2D eigenvalue weighted by Crippen LogP contribution is 2.17. The standard InChI is InChI=1S/C15H21FN2O/c1-11-6-7-13(9-14(11)16)17-15(19)10-18-8-4-3-5-12(18)2/h6-7,9,12H,3-5,8,10H2,1-2H3,(H,17,19). The fraction of sp³-hybridized carbons (Fsp3) is 0.533. The van der Waals surface area contributed by atoms with E-state index in [9.17, 15) is 9.18 Å². The highest BCUT2D eigenvalue weighted by Gasteiger charge is 2.20. The van der Waals surface area contributed by atoms with Crippen molar-refractivity contribution in [2.45, 2.75) is 39.2 Å². The van der Waals surface area contributed by atoms with Crippen molar-refractivity contribution < 1.29 is 9.18 Å². The van der Waals surface area contributed by atoms with E-state index in [4.69, 9.17) is 0 Å². The summed E-state index contributed by atoms with van der Waals surface area (Å²) in [6, 6.07) is 5.23. The van der Waals surface area contributed by atoms with Crippen molar-refractivity contribution in [1.29, 1.82) is 0 Å². The van der Waals surface area contributed by atoms with Gasteiger partial charge in [-0.2, -0.15) is 0 Å². The van der Waals surface area contributed by atoms with E-state index in [1.807, 2.05) is 0 Å². The van der Waals surface area contributed by atoms with Gasteiger partial charge in [-0.3, -0.25) is 9.69 Å². The third-order valence-electron chi connectivity index (χ3n) is 3.74. The lowest BCUT2D eigenvalue weighted by molar-refractivity contribution is -0.118. The van der Waals surface area contributed by atoms with Crippen LogP contribution in [-0.4, -0.2) is 29.9 Å². The normalized spacial score (nSPS) is 20.3.